The number of rotatable bonds is 6. The van der Waals surface area contributed by atoms with Crippen LogP contribution >= 0.6 is 11.3 Å². The Balaban J connectivity index is 1.96. The molecule has 2 rings (SSSR count). The molecule has 0 saturated carbocycles. The van der Waals surface area contributed by atoms with Gasteiger partial charge < -0.3 is 15.3 Å². The molecular formula is C15H26N2OS. The molecular weight excluding hydrogens is 256 g/mol. The maximum absolute atomic E-state index is 9.20. The van der Waals surface area contributed by atoms with Gasteiger partial charge in [0.05, 0.1) is 0 Å². The second-order valence-corrected chi connectivity index (χ2v) is 6.78. The van der Waals surface area contributed by atoms with E-state index in [2.05, 4.69) is 40.9 Å². The average molecular weight is 282 g/mol. The van der Waals surface area contributed by atoms with Crippen molar-refractivity contribution in [1.82, 2.24) is 5.32 Å². The molecule has 4 heteroatoms. The third kappa shape index (κ3) is 4.48. The van der Waals surface area contributed by atoms with Gasteiger partial charge in [0, 0.05) is 36.8 Å². The van der Waals surface area contributed by atoms with Crippen LogP contribution in [0.15, 0.2) is 16.8 Å². The van der Waals surface area contributed by atoms with E-state index in [4.69, 9.17) is 0 Å². The first-order valence-electron chi connectivity index (χ1n) is 7.30. The number of aliphatic hydroxyl groups excluding tert-OH is 1. The Morgan fingerprint density at radius 3 is 2.95 bits per heavy atom. The summed E-state index contributed by atoms with van der Waals surface area (Å²) in [6.07, 6.45) is 2.11. The first kappa shape index (κ1) is 14.8. The topological polar surface area (TPSA) is 35.5 Å². The number of thiophene rings is 1. The lowest BCUT2D eigenvalue weighted by Crippen LogP contribution is -2.50. The third-order valence-corrected chi connectivity index (χ3v) is 4.43. The Bertz CT molecular complexity index is 353. The zero-order valence-electron chi connectivity index (χ0n) is 12.0. The molecule has 0 radical (unpaired) electrons. The molecule has 1 aromatic heterocycles. The van der Waals surface area contributed by atoms with Crippen molar-refractivity contribution in [3.63, 3.8) is 0 Å². The van der Waals surface area contributed by atoms with E-state index in [1.165, 1.54) is 12.1 Å². The van der Waals surface area contributed by atoms with Gasteiger partial charge in [-0.1, -0.05) is 13.8 Å². The van der Waals surface area contributed by atoms with Crippen molar-refractivity contribution in [3.8, 4) is 0 Å². The van der Waals surface area contributed by atoms with Crippen molar-refractivity contribution in [2.45, 2.75) is 32.7 Å². The van der Waals surface area contributed by atoms with Gasteiger partial charge in [0.25, 0.3) is 0 Å². The Morgan fingerprint density at radius 1 is 1.47 bits per heavy atom. The van der Waals surface area contributed by atoms with Gasteiger partial charge in [-0.3, -0.25) is 0 Å². The van der Waals surface area contributed by atoms with E-state index in [1.807, 2.05) is 0 Å². The summed E-state index contributed by atoms with van der Waals surface area (Å²) in [5, 5.41) is 17.2. The molecule has 2 heterocycles. The SMILES string of the molecule is CC(C)CNC1CC(CCO)CN(c2ccsc2)C1. The molecule has 0 spiro atoms. The van der Waals surface area contributed by atoms with Gasteiger partial charge in [-0.25, -0.2) is 0 Å². The summed E-state index contributed by atoms with van der Waals surface area (Å²) in [7, 11) is 0. The fraction of sp³-hybridized carbons (Fsp3) is 0.733. The highest BCUT2D eigenvalue weighted by Gasteiger charge is 2.27. The molecule has 1 aliphatic heterocycles. The normalized spacial score (nSPS) is 24.1. The Morgan fingerprint density at radius 2 is 2.32 bits per heavy atom. The smallest absolute Gasteiger partial charge is 0.0475 e. The van der Waals surface area contributed by atoms with Gasteiger partial charge in [0.15, 0.2) is 0 Å². The lowest BCUT2D eigenvalue weighted by Gasteiger charge is -2.39. The van der Waals surface area contributed by atoms with E-state index in [0.29, 0.717) is 24.5 Å². The molecule has 1 aliphatic rings. The molecule has 0 amide bonds. The largest absolute Gasteiger partial charge is 0.396 e. The van der Waals surface area contributed by atoms with Crippen molar-refractivity contribution in [2.75, 3.05) is 31.1 Å². The van der Waals surface area contributed by atoms with E-state index in [0.717, 1.165) is 26.1 Å². The first-order chi connectivity index (χ1) is 9.19. The predicted molar refractivity (Wildman–Crippen MR) is 83.0 cm³/mol. The molecule has 0 bridgehead atoms. The van der Waals surface area contributed by atoms with Crippen LogP contribution in [0.4, 0.5) is 5.69 Å². The Kier molecular flexibility index (Phi) is 5.67. The zero-order chi connectivity index (χ0) is 13.7. The summed E-state index contributed by atoms with van der Waals surface area (Å²) in [4.78, 5) is 2.47. The van der Waals surface area contributed by atoms with E-state index in [9.17, 15) is 5.11 Å². The lowest BCUT2D eigenvalue weighted by atomic mass is 9.91. The summed E-state index contributed by atoms with van der Waals surface area (Å²) in [6.45, 7) is 8.05. The number of anilines is 1. The summed E-state index contributed by atoms with van der Waals surface area (Å²) < 4.78 is 0. The second-order valence-electron chi connectivity index (χ2n) is 6.00. The van der Waals surface area contributed by atoms with Crippen LogP contribution in [-0.2, 0) is 0 Å². The van der Waals surface area contributed by atoms with E-state index in [-0.39, 0.29) is 0 Å². The molecule has 3 nitrogen and oxygen atoms in total. The fourth-order valence-corrected chi connectivity index (χ4v) is 3.46. The molecule has 19 heavy (non-hydrogen) atoms. The highest BCUT2D eigenvalue weighted by molar-refractivity contribution is 7.08. The molecule has 0 aliphatic carbocycles. The number of aliphatic hydroxyl groups is 1. The number of hydrogen-bond donors (Lipinski definition) is 2. The van der Waals surface area contributed by atoms with Crippen molar-refractivity contribution >= 4 is 17.0 Å². The van der Waals surface area contributed by atoms with Crippen LogP contribution in [0.25, 0.3) is 0 Å². The molecule has 1 aromatic rings. The quantitative estimate of drug-likeness (QED) is 0.842. The van der Waals surface area contributed by atoms with E-state index >= 15 is 0 Å². The van der Waals surface area contributed by atoms with Crippen LogP contribution in [0, 0.1) is 11.8 Å². The molecule has 2 N–H and O–H groups in total. The Labute approximate surface area is 120 Å². The number of nitrogens with one attached hydrogen (secondary N) is 1. The van der Waals surface area contributed by atoms with Crippen LogP contribution in [0.3, 0.4) is 0 Å². The van der Waals surface area contributed by atoms with Crippen molar-refractivity contribution in [3.05, 3.63) is 16.8 Å². The highest BCUT2D eigenvalue weighted by atomic mass is 32.1. The van der Waals surface area contributed by atoms with Crippen molar-refractivity contribution < 1.29 is 5.11 Å². The first-order valence-corrected chi connectivity index (χ1v) is 8.24. The van der Waals surface area contributed by atoms with Gasteiger partial charge in [0.1, 0.15) is 0 Å². The molecule has 2 atom stereocenters. The average Bonchev–Trinajstić information content (AvgIpc) is 2.90. The Hall–Kier alpha value is -0.580. The van der Waals surface area contributed by atoms with Crippen LogP contribution in [0.2, 0.25) is 0 Å². The second kappa shape index (κ2) is 7.27. The highest BCUT2D eigenvalue weighted by Crippen LogP contribution is 2.26. The van der Waals surface area contributed by atoms with E-state index < -0.39 is 0 Å². The minimum atomic E-state index is 0.305. The molecule has 1 saturated heterocycles. The monoisotopic (exact) mass is 282 g/mol. The van der Waals surface area contributed by atoms with Crippen molar-refractivity contribution in [2.24, 2.45) is 11.8 Å². The maximum atomic E-state index is 9.20. The van der Waals surface area contributed by atoms with Crippen molar-refractivity contribution in [1.29, 1.82) is 0 Å². The fourth-order valence-electron chi connectivity index (χ4n) is 2.79. The summed E-state index contributed by atoms with van der Waals surface area (Å²) in [5.74, 6) is 1.29. The third-order valence-electron chi connectivity index (χ3n) is 3.76. The zero-order valence-corrected chi connectivity index (χ0v) is 12.8. The minimum Gasteiger partial charge on any atom is -0.396 e. The van der Waals surface area contributed by atoms with Crippen LogP contribution < -0.4 is 10.2 Å². The molecule has 108 valence electrons. The van der Waals surface area contributed by atoms with Gasteiger partial charge in [0.2, 0.25) is 0 Å². The van der Waals surface area contributed by atoms with Crippen LogP contribution in [-0.4, -0.2) is 37.4 Å². The predicted octanol–water partition coefficient (Wildman–Crippen LogP) is 2.57. The lowest BCUT2D eigenvalue weighted by molar-refractivity contribution is 0.229. The summed E-state index contributed by atoms with van der Waals surface area (Å²) in [6, 6.07) is 2.75. The number of hydrogen-bond acceptors (Lipinski definition) is 4. The molecule has 0 aromatic carbocycles. The van der Waals surface area contributed by atoms with Crippen LogP contribution in [0.5, 0.6) is 0 Å². The maximum Gasteiger partial charge on any atom is 0.0475 e. The van der Waals surface area contributed by atoms with Crippen LogP contribution in [0.1, 0.15) is 26.7 Å². The minimum absolute atomic E-state index is 0.305. The van der Waals surface area contributed by atoms with Gasteiger partial charge in [-0.05, 0) is 42.7 Å². The van der Waals surface area contributed by atoms with E-state index in [1.54, 1.807) is 11.3 Å². The number of nitrogens with zero attached hydrogens (tertiary/aromatic N) is 1. The van der Waals surface area contributed by atoms with Gasteiger partial charge >= 0.3 is 0 Å². The summed E-state index contributed by atoms with van der Waals surface area (Å²) in [5.41, 5.74) is 1.34. The van der Waals surface area contributed by atoms with Gasteiger partial charge in [-0.2, -0.15) is 11.3 Å². The summed E-state index contributed by atoms with van der Waals surface area (Å²) >= 11 is 1.76. The molecule has 2 unspecified atom stereocenters. The number of piperidine rings is 1. The van der Waals surface area contributed by atoms with Gasteiger partial charge in [-0.15, -0.1) is 0 Å². The standard InChI is InChI=1S/C15H26N2OS/c1-12(2)8-16-14-7-13(3-5-18)9-17(10-14)15-4-6-19-11-15/h4,6,11-14,16,18H,3,5,7-10H2,1-2H3. The molecule has 1 fully saturated rings.